The Hall–Kier alpha value is -1.98. The Morgan fingerprint density at radius 3 is 1.43 bits per heavy atom. The number of hydrogen-bond acceptors (Lipinski definition) is 2. The lowest BCUT2D eigenvalue weighted by Crippen LogP contribution is -2.23. The summed E-state index contributed by atoms with van der Waals surface area (Å²) >= 11 is 0. The fourth-order valence-electron chi connectivity index (χ4n) is 1.03. The standard InChI is InChI=1S/C8H6F2N2O2/c9-3-1-2-4(10)6(8(12)14)5(3)7(11)13/h1-2H,(H2,11,13)(H2,12,14). The molecule has 6 heteroatoms. The van der Waals surface area contributed by atoms with Crippen LogP contribution in [0.25, 0.3) is 0 Å². The number of amides is 2. The van der Waals surface area contributed by atoms with Crippen LogP contribution in [0, 0.1) is 11.6 Å². The molecule has 0 saturated heterocycles. The van der Waals surface area contributed by atoms with Gasteiger partial charge in [0.1, 0.15) is 11.6 Å². The first-order valence-corrected chi connectivity index (χ1v) is 3.52. The van der Waals surface area contributed by atoms with E-state index in [1.807, 2.05) is 0 Å². The number of hydrogen-bond donors (Lipinski definition) is 2. The van der Waals surface area contributed by atoms with Gasteiger partial charge in [-0.25, -0.2) is 8.78 Å². The molecule has 0 aliphatic heterocycles. The van der Waals surface area contributed by atoms with E-state index in [9.17, 15) is 18.4 Å². The molecule has 74 valence electrons. The monoisotopic (exact) mass is 200 g/mol. The lowest BCUT2D eigenvalue weighted by atomic mass is 10.1. The van der Waals surface area contributed by atoms with Crippen LogP contribution in [0.3, 0.4) is 0 Å². The molecule has 0 aliphatic carbocycles. The van der Waals surface area contributed by atoms with Gasteiger partial charge in [0.2, 0.25) is 0 Å². The van der Waals surface area contributed by atoms with Gasteiger partial charge < -0.3 is 11.5 Å². The van der Waals surface area contributed by atoms with Gasteiger partial charge in [-0.2, -0.15) is 0 Å². The Bertz CT molecular complexity index is 379. The predicted molar refractivity (Wildman–Crippen MR) is 43.4 cm³/mol. The first-order valence-electron chi connectivity index (χ1n) is 3.52. The Kier molecular flexibility index (Phi) is 2.46. The van der Waals surface area contributed by atoms with E-state index in [4.69, 9.17) is 11.5 Å². The molecule has 0 bridgehead atoms. The van der Waals surface area contributed by atoms with Crippen LogP contribution in [0.2, 0.25) is 0 Å². The van der Waals surface area contributed by atoms with Crippen molar-refractivity contribution in [3.63, 3.8) is 0 Å². The van der Waals surface area contributed by atoms with Gasteiger partial charge in [0.05, 0.1) is 11.1 Å². The van der Waals surface area contributed by atoms with Gasteiger partial charge in [0, 0.05) is 0 Å². The van der Waals surface area contributed by atoms with Crippen molar-refractivity contribution < 1.29 is 18.4 Å². The minimum atomic E-state index is -1.24. The second-order valence-electron chi connectivity index (χ2n) is 2.51. The quantitative estimate of drug-likeness (QED) is 0.712. The molecule has 1 aromatic rings. The molecule has 4 nitrogen and oxygen atoms in total. The third-order valence-electron chi connectivity index (χ3n) is 1.60. The van der Waals surface area contributed by atoms with E-state index in [0.29, 0.717) is 12.1 Å². The van der Waals surface area contributed by atoms with Crippen LogP contribution in [0.15, 0.2) is 12.1 Å². The molecule has 0 aliphatic rings. The third kappa shape index (κ3) is 1.54. The van der Waals surface area contributed by atoms with Crippen molar-refractivity contribution in [2.45, 2.75) is 0 Å². The number of carbonyl (C=O) groups excluding carboxylic acids is 2. The Labute approximate surface area is 77.5 Å². The minimum Gasteiger partial charge on any atom is -0.365 e. The highest BCUT2D eigenvalue weighted by Crippen LogP contribution is 2.16. The molecule has 0 fully saturated rings. The third-order valence-corrected chi connectivity index (χ3v) is 1.60. The Balaban J connectivity index is 3.58. The lowest BCUT2D eigenvalue weighted by Gasteiger charge is -2.04. The number of carbonyl (C=O) groups is 2. The minimum absolute atomic E-state index is 0.696. The maximum absolute atomic E-state index is 13.0. The Morgan fingerprint density at radius 1 is 0.929 bits per heavy atom. The van der Waals surface area contributed by atoms with Crippen molar-refractivity contribution in [3.8, 4) is 0 Å². The Morgan fingerprint density at radius 2 is 1.21 bits per heavy atom. The van der Waals surface area contributed by atoms with Crippen LogP contribution in [-0.4, -0.2) is 11.8 Å². The van der Waals surface area contributed by atoms with E-state index in [2.05, 4.69) is 0 Å². The van der Waals surface area contributed by atoms with Gasteiger partial charge in [-0.3, -0.25) is 9.59 Å². The summed E-state index contributed by atoms with van der Waals surface area (Å²) in [6.45, 7) is 0. The van der Waals surface area contributed by atoms with Gasteiger partial charge in [-0.1, -0.05) is 0 Å². The average Bonchev–Trinajstić information content (AvgIpc) is 2.07. The van der Waals surface area contributed by atoms with E-state index in [-0.39, 0.29) is 0 Å². The van der Waals surface area contributed by atoms with E-state index in [1.165, 1.54) is 0 Å². The topological polar surface area (TPSA) is 86.2 Å². The first kappa shape index (κ1) is 10.1. The van der Waals surface area contributed by atoms with Crippen molar-refractivity contribution in [1.29, 1.82) is 0 Å². The number of nitrogens with two attached hydrogens (primary N) is 2. The van der Waals surface area contributed by atoms with Crippen LogP contribution in [0.4, 0.5) is 8.78 Å². The highest BCUT2D eigenvalue weighted by Gasteiger charge is 2.21. The summed E-state index contributed by atoms with van der Waals surface area (Å²) in [5.41, 5.74) is 7.89. The fraction of sp³-hybridized carbons (Fsp3) is 0. The lowest BCUT2D eigenvalue weighted by molar-refractivity contribution is 0.0960. The van der Waals surface area contributed by atoms with Crippen molar-refractivity contribution >= 4 is 11.8 Å². The van der Waals surface area contributed by atoms with E-state index in [1.54, 1.807) is 0 Å². The largest absolute Gasteiger partial charge is 0.365 e. The summed E-state index contributed by atoms with van der Waals surface area (Å²) in [5, 5.41) is 0. The van der Waals surface area contributed by atoms with Crippen molar-refractivity contribution in [1.82, 2.24) is 0 Å². The summed E-state index contributed by atoms with van der Waals surface area (Å²) < 4.78 is 25.9. The molecule has 0 atom stereocenters. The first-order chi connectivity index (χ1) is 6.45. The maximum atomic E-state index is 13.0. The number of benzene rings is 1. The SMILES string of the molecule is NC(=O)c1c(F)ccc(F)c1C(N)=O. The highest BCUT2D eigenvalue weighted by atomic mass is 19.1. The summed E-state index contributed by atoms with van der Waals surface area (Å²) in [6, 6.07) is 1.39. The van der Waals surface area contributed by atoms with Crippen LogP contribution in [-0.2, 0) is 0 Å². The summed E-state index contributed by atoms with van der Waals surface area (Å²) in [6.07, 6.45) is 0. The van der Waals surface area contributed by atoms with Gasteiger partial charge >= 0.3 is 0 Å². The molecule has 1 aromatic carbocycles. The van der Waals surface area contributed by atoms with Gasteiger partial charge in [0.15, 0.2) is 0 Å². The van der Waals surface area contributed by atoms with E-state index in [0.717, 1.165) is 0 Å². The van der Waals surface area contributed by atoms with Crippen molar-refractivity contribution in [2.75, 3.05) is 0 Å². The average molecular weight is 200 g/mol. The number of halogens is 2. The van der Waals surface area contributed by atoms with Crippen molar-refractivity contribution in [3.05, 3.63) is 34.9 Å². The fourth-order valence-corrected chi connectivity index (χ4v) is 1.03. The normalized spacial score (nSPS) is 9.86. The highest BCUT2D eigenvalue weighted by molar-refractivity contribution is 6.06. The van der Waals surface area contributed by atoms with Gasteiger partial charge in [-0.15, -0.1) is 0 Å². The molecule has 1 rings (SSSR count). The molecule has 0 spiro atoms. The molecule has 14 heavy (non-hydrogen) atoms. The molecule has 0 saturated carbocycles. The van der Waals surface area contributed by atoms with Crippen molar-refractivity contribution in [2.24, 2.45) is 11.5 Å². The summed E-state index contributed by atoms with van der Waals surface area (Å²) in [7, 11) is 0. The van der Waals surface area contributed by atoms with Crippen LogP contribution < -0.4 is 11.5 Å². The number of rotatable bonds is 2. The smallest absolute Gasteiger partial charge is 0.252 e. The summed E-state index contributed by atoms with van der Waals surface area (Å²) in [4.78, 5) is 21.4. The summed E-state index contributed by atoms with van der Waals surface area (Å²) in [5.74, 6) is -4.63. The molecule has 0 aromatic heterocycles. The van der Waals surface area contributed by atoms with Crippen LogP contribution in [0.1, 0.15) is 20.7 Å². The predicted octanol–water partition coefficient (Wildman–Crippen LogP) is 0.163. The molecular weight excluding hydrogens is 194 g/mol. The van der Waals surface area contributed by atoms with Crippen LogP contribution in [0.5, 0.6) is 0 Å². The second-order valence-corrected chi connectivity index (χ2v) is 2.51. The van der Waals surface area contributed by atoms with E-state index >= 15 is 0 Å². The maximum Gasteiger partial charge on any atom is 0.252 e. The number of primary amides is 2. The molecule has 0 heterocycles. The molecular formula is C8H6F2N2O2. The zero-order valence-electron chi connectivity index (χ0n) is 6.88. The van der Waals surface area contributed by atoms with Gasteiger partial charge in [0.25, 0.3) is 11.8 Å². The zero-order valence-corrected chi connectivity index (χ0v) is 6.88. The zero-order chi connectivity index (χ0) is 10.9. The van der Waals surface area contributed by atoms with E-state index < -0.39 is 34.6 Å². The van der Waals surface area contributed by atoms with Gasteiger partial charge in [-0.05, 0) is 12.1 Å². The second kappa shape index (κ2) is 3.41. The molecule has 0 unspecified atom stereocenters. The molecule has 0 radical (unpaired) electrons. The molecule has 4 N–H and O–H groups in total. The van der Waals surface area contributed by atoms with Crippen LogP contribution >= 0.6 is 0 Å². The molecule has 2 amide bonds.